The van der Waals surface area contributed by atoms with Gasteiger partial charge in [-0.15, -0.1) is 0 Å². The normalized spacial score (nSPS) is 16.6. The Morgan fingerprint density at radius 3 is 2.19 bits per heavy atom. The number of hydrogen-bond acceptors (Lipinski definition) is 4. The fourth-order valence-electron chi connectivity index (χ4n) is 3.02. The molecule has 1 aliphatic heterocycles. The fourth-order valence-corrected chi connectivity index (χ4v) is 4.19. The first-order valence-corrected chi connectivity index (χ1v) is 10.8. The molecule has 6 heteroatoms. The van der Waals surface area contributed by atoms with Crippen molar-refractivity contribution in [2.24, 2.45) is 0 Å². The zero-order valence-corrected chi connectivity index (χ0v) is 16.2. The first-order valence-electron chi connectivity index (χ1n) is 9.27. The highest BCUT2D eigenvalue weighted by Gasteiger charge is 2.24. The number of sulfonamides is 1. The summed E-state index contributed by atoms with van der Waals surface area (Å²) in [7, 11) is -3.36. The summed E-state index contributed by atoms with van der Waals surface area (Å²) < 4.78 is 32.2. The molecule has 0 aromatic heterocycles. The van der Waals surface area contributed by atoms with Crippen molar-refractivity contribution in [1.29, 1.82) is 0 Å². The minimum absolute atomic E-state index is 0.529. The summed E-state index contributed by atoms with van der Waals surface area (Å²) in [4.78, 5) is 2.29. The van der Waals surface area contributed by atoms with E-state index >= 15 is 0 Å². The van der Waals surface area contributed by atoms with Crippen LogP contribution in [0.5, 0.6) is 5.75 Å². The maximum Gasteiger partial charge on any atom is 0.236 e. The molecule has 0 unspecified atom stereocenters. The Kier molecular flexibility index (Phi) is 7.04. The Labute approximate surface area is 161 Å². The van der Waals surface area contributed by atoms with Gasteiger partial charge < -0.3 is 9.64 Å². The molecular formula is C21H26N2O3S. The van der Waals surface area contributed by atoms with E-state index in [9.17, 15) is 8.42 Å². The first-order chi connectivity index (χ1) is 13.1. The van der Waals surface area contributed by atoms with Gasteiger partial charge in [-0.05, 0) is 30.2 Å². The van der Waals surface area contributed by atoms with Crippen LogP contribution in [0.25, 0.3) is 6.08 Å². The van der Waals surface area contributed by atoms with Crippen LogP contribution in [-0.2, 0) is 10.0 Å². The van der Waals surface area contributed by atoms with Crippen LogP contribution in [0.4, 0.5) is 0 Å². The number of para-hydroxylation sites is 1. The Hall–Kier alpha value is -2.15. The van der Waals surface area contributed by atoms with E-state index in [-0.39, 0.29) is 0 Å². The standard InChI is InChI=1S/C21H26N2O3S/c24-27(25,19-12-20-8-3-1-4-9-20)23-16-14-22(15-17-23)13-7-18-26-21-10-5-2-6-11-21/h1-6,8-12,19H,7,13-18H2/b19-12+. The topological polar surface area (TPSA) is 49.9 Å². The lowest BCUT2D eigenvalue weighted by Gasteiger charge is -2.33. The van der Waals surface area contributed by atoms with Gasteiger partial charge in [0.2, 0.25) is 10.0 Å². The van der Waals surface area contributed by atoms with E-state index in [4.69, 9.17) is 4.74 Å². The van der Waals surface area contributed by atoms with E-state index in [1.807, 2.05) is 60.7 Å². The minimum Gasteiger partial charge on any atom is -0.494 e. The summed E-state index contributed by atoms with van der Waals surface area (Å²) in [5, 5.41) is 1.31. The van der Waals surface area contributed by atoms with Gasteiger partial charge in [-0.25, -0.2) is 8.42 Å². The second-order valence-electron chi connectivity index (χ2n) is 6.51. The Morgan fingerprint density at radius 2 is 1.52 bits per heavy atom. The first kappa shape index (κ1) is 19.6. The van der Waals surface area contributed by atoms with Crippen molar-refractivity contribution in [3.8, 4) is 5.75 Å². The number of piperazine rings is 1. The van der Waals surface area contributed by atoms with Crippen molar-refractivity contribution >= 4 is 16.1 Å². The maximum absolute atomic E-state index is 12.5. The van der Waals surface area contributed by atoms with E-state index in [0.717, 1.165) is 37.4 Å². The van der Waals surface area contributed by atoms with Crippen LogP contribution in [0.3, 0.4) is 0 Å². The maximum atomic E-state index is 12.5. The summed E-state index contributed by atoms with van der Waals surface area (Å²) in [6, 6.07) is 19.3. The minimum atomic E-state index is -3.36. The predicted molar refractivity (Wildman–Crippen MR) is 109 cm³/mol. The van der Waals surface area contributed by atoms with Gasteiger partial charge >= 0.3 is 0 Å². The molecule has 0 N–H and O–H groups in total. The highest BCUT2D eigenvalue weighted by atomic mass is 32.2. The Morgan fingerprint density at radius 1 is 0.889 bits per heavy atom. The summed E-state index contributed by atoms with van der Waals surface area (Å²) in [6.45, 7) is 4.15. The third-order valence-electron chi connectivity index (χ3n) is 4.55. The van der Waals surface area contributed by atoms with Crippen LogP contribution in [0, 0.1) is 0 Å². The monoisotopic (exact) mass is 386 g/mol. The molecule has 2 aromatic carbocycles. The van der Waals surface area contributed by atoms with Gasteiger partial charge in [0.25, 0.3) is 0 Å². The molecule has 27 heavy (non-hydrogen) atoms. The van der Waals surface area contributed by atoms with Crippen LogP contribution >= 0.6 is 0 Å². The molecule has 2 aromatic rings. The molecule has 0 saturated carbocycles. The highest BCUT2D eigenvalue weighted by molar-refractivity contribution is 7.92. The molecule has 0 aliphatic carbocycles. The summed E-state index contributed by atoms with van der Waals surface area (Å²) in [5.74, 6) is 0.888. The van der Waals surface area contributed by atoms with E-state index in [1.54, 1.807) is 10.4 Å². The third-order valence-corrected chi connectivity index (χ3v) is 6.12. The van der Waals surface area contributed by atoms with E-state index in [2.05, 4.69) is 4.90 Å². The molecule has 0 atom stereocenters. The molecule has 5 nitrogen and oxygen atoms in total. The van der Waals surface area contributed by atoms with Crippen LogP contribution in [0.2, 0.25) is 0 Å². The SMILES string of the molecule is O=S(=O)(/C=C/c1ccccc1)N1CCN(CCCOc2ccccc2)CC1. The average Bonchev–Trinajstić information content (AvgIpc) is 2.72. The van der Waals surface area contributed by atoms with Gasteiger partial charge in [-0.1, -0.05) is 48.5 Å². The van der Waals surface area contributed by atoms with Gasteiger partial charge in [0.05, 0.1) is 6.61 Å². The van der Waals surface area contributed by atoms with Gasteiger partial charge in [-0.3, -0.25) is 0 Å². The molecule has 1 heterocycles. The van der Waals surface area contributed by atoms with Crippen LogP contribution in [-0.4, -0.2) is 57.0 Å². The third kappa shape index (κ3) is 6.20. The Bertz CT molecular complexity index is 815. The molecule has 0 amide bonds. The Balaban J connectivity index is 1.39. The summed E-state index contributed by atoms with van der Waals surface area (Å²) >= 11 is 0. The molecule has 0 spiro atoms. The van der Waals surface area contributed by atoms with E-state index in [1.165, 1.54) is 5.41 Å². The van der Waals surface area contributed by atoms with Crippen molar-refractivity contribution in [1.82, 2.24) is 9.21 Å². The number of nitrogens with zero attached hydrogens (tertiary/aromatic N) is 2. The smallest absolute Gasteiger partial charge is 0.236 e. The zero-order chi connectivity index (χ0) is 19.0. The number of rotatable bonds is 8. The summed E-state index contributed by atoms with van der Waals surface area (Å²) in [5.41, 5.74) is 0.887. The fraction of sp³-hybridized carbons (Fsp3) is 0.333. The van der Waals surface area contributed by atoms with Crippen molar-refractivity contribution in [3.63, 3.8) is 0 Å². The lowest BCUT2D eigenvalue weighted by Crippen LogP contribution is -2.48. The average molecular weight is 387 g/mol. The van der Waals surface area contributed by atoms with E-state index in [0.29, 0.717) is 19.7 Å². The quantitative estimate of drug-likeness (QED) is 0.654. The zero-order valence-electron chi connectivity index (χ0n) is 15.4. The predicted octanol–water partition coefficient (Wildman–Crippen LogP) is 3.07. The number of hydrogen-bond donors (Lipinski definition) is 0. The molecular weight excluding hydrogens is 360 g/mol. The molecule has 1 fully saturated rings. The number of ether oxygens (including phenoxy) is 1. The van der Waals surface area contributed by atoms with Crippen LogP contribution in [0.1, 0.15) is 12.0 Å². The molecule has 144 valence electrons. The lowest BCUT2D eigenvalue weighted by atomic mass is 10.2. The molecule has 1 aliphatic rings. The molecule has 0 radical (unpaired) electrons. The largest absolute Gasteiger partial charge is 0.494 e. The second-order valence-corrected chi connectivity index (χ2v) is 8.33. The van der Waals surface area contributed by atoms with Crippen LogP contribution < -0.4 is 4.74 Å². The van der Waals surface area contributed by atoms with Crippen molar-refractivity contribution < 1.29 is 13.2 Å². The van der Waals surface area contributed by atoms with Gasteiger partial charge in [0, 0.05) is 38.1 Å². The van der Waals surface area contributed by atoms with E-state index < -0.39 is 10.0 Å². The molecule has 1 saturated heterocycles. The lowest BCUT2D eigenvalue weighted by molar-refractivity contribution is 0.175. The van der Waals surface area contributed by atoms with Crippen LogP contribution in [0.15, 0.2) is 66.1 Å². The van der Waals surface area contributed by atoms with Crippen molar-refractivity contribution in [2.45, 2.75) is 6.42 Å². The van der Waals surface area contributed by atoms with Gasteiger partial charge in [0.15, 0.2) is 0 Å². The molecule has 3 rings (SSSR count). The van der Waals surface area contributed by atoms with Gasteiger partial charge in [0.1, 0.15) is 5.75 Å². The number of benzene rings is 2. The van der Waals surface area contributed by atoms with Gasteiger partial charge in [-0.2, -0.15) is 4.31 Å². The van der Waals surface area contributed by atoms with Crippen molar-refractivity contribution in [2.75, 3.05) is 39.3 Å². The second kappa shape index (κ2) is 9.69. The molecule has 0 bridgehead atoms. The summed E-state index contributed by atoms with van der Waals surface area (Å²) in [6.07, 6.45) is 2.58. The van der Waals surface area contributed by atoms with Crippen molar-refractivity contribution in [3.05, 3.63) is 71.6 Å². The highest BCUT2D eigenvalue weighted by Crippen LogP contribution is 2.12.